The zero-order valence-electron chi connectivity index (χ0n) is 16.0. The van der Waals surface area contributed by atoms with Gasteiger partial charge in [-0.3, -0.25) is 4.79 Å². The summed E-state index contributed by atoms with van der Waals surface area (Å²) in [5, 5.41) is 12.3. The second-order valence-electron chi connectivity index (χ2n) is 7.54. The summed E-state index contributed by atoms with van der Waals surface area (Å²) in [6, 6.07) is 11.9. The highest BCUT2D eigenvalue weighted by Crippen LogP contribution is 2.22. The summed E-state index contributed by atoms with van der Waals surface area (Å²) in [5.74, 6) is 0.705. The summed E-state index contributed by atoms with van der Waals surface area (Å²) in [4.78, 5) is 16.9. The highest BCUT2D eigenvalue weighted by Gasteiger charge is 2.21. The Labute approximate surface area is 170 Å². The van der Waals surface area contributed by atoms with Gasteiger partial charge >= 0.3 is 0 Å². The second-order valence-corrected chi connectivity index (χ2v) is 7.98. The average Bonchev–Trinajstić information content (AvgIpc) is 2.75. The number of halogens is 1. The fraction of sp³-hybridized carbons (Fsp3) is 0.476. The lowest BCUT2D eigenvalue weighted by molar-refractivity contribution is 0.0921. The summed E-state index contributed by atoms with van der Waals surface area (Å²) in [7, 11) is 0. The monoisotopic (exact) mass is 399 g/mol. The van der Waals surface area contributed by atoms with Crippen LogP contribution in [0.5, 0.6) is 0 Å². The van der Waals surface area contributed by atoms with Crippen LogP contribution in [-0.4, -0.2) is 48.3 Å². The number of piperazine rings is 1. The molecule has 4 rings (SSSR count). The first-order valence-corrected chi connectivity index (χ1v) is 10.5. The quantitative estimate of drug-likeness (QED) is 0.852. The van der Waals surface area contributed by atoms with Gasteiger partial charge in [-0.2, -0.15) is 0 Å². The van der Waals surface area contributed by atoms with E-state index in [1.807, 2.05) is 24.3 Å². The van der Waals surface area contributed by atoms with Gasteiger partial charge in [0.25, 0.3) is 5.91 Å². The summed E-state index contributed by atoms with van der Waals surface area (Å²) in [6.45, 7) is 3.50. The number of amides is 1. The molecule has 6 nitrogen and oxygen atoms in total. The molecule has 0 spiro atoms. The first-order chi connectivity index (χ1) is 13.7. The molecule has 1 amide bonds. The van der Waals surface area contributed by atoms with Crippen molar-refractivity contribution >= 4 is 29.0 Å². The highest BCUT2D eigenvalue weighted by atomic mass is 35.5. The number of anilines is 2. The van der Waals surface area contributed by atoms with Gasteiger partial charge in [0.1, 0.15) is 0 Å². The number of rotatable bonds is 4. The third kappa shape index (κ3) is 4.55. The molecule has 0 unspecified atom stereocenters. The van der Waals surface area contributed by atoms with Gasteiger partial charge in [-0.1, -0.05) is 36.9 Å². The Morgan fingerprint density at radius 1 is 0.964 bits per heavy atom. The average molecular weight is 400 g/mol. The molecule has 7 heteroatoms. The lowest BCUT2D eigenvalue weighted by Crippen LogP contribution is -2.47. The minimum absolute atomic E-state index is 0.114. The van der Waals surface area contributed by atoms with E-state index in [1.165, 1.54) is 19.3 Å². The Balaban J connectivity index is 1.32. The van der Waals surface area contributed by atoms with Crippen LogP contribution in [0.15, 0.2) is 36.4 Å². The van der Waals surface area contributed by atoms with Crippen molar-refractivity contribution < 1.29 is 4.79 Å². The summed E-state index contributed by atoms with van der Waals surface area (Å²) in [5.41, 5.74) is 1.54. The number of carbonyl (C=O) groups is 1. The predicted octanol–water partition coefficient (Wildman–Crippen LogP) is 3.52. The lowest BCUT2D eigenvalue weighted by atomic mass is 9.95. The molecule has 2 fully saturated rings. The van der Waals surface area contributed by atoms with Crippen molar-refractivity contribution in [1.29, 1.82) is 0 Å². The van der Waals surface area contributed by atoms with Crippen LogP contribution >= 0.6 is 11.6 Å². The minimum Gasteiger partial charge on any atom is -0.368 e. The highest BCUT2D eigenvalue weighted by molar-refractivity contribution is 6.30. The van der Waals surface area contributed by atoms with Crippen LogP contribution < -0.4 is 15.1 Å². The van der Waals surface area contributed by atoms with Gasteiger partial charge in [0.2, 0.25) is 0 Å². The number of nitrogens with zero attached hydrogens (tertiary/aromatic N) is 4. The van der Waals surface area contributed by atoms with Gasteiger partial charge in [-0.25, -0.2) is 0 Å². The number of aromatic nitrogens is 2. The van der Waals surface area contributed by atoms with E-state index in [4.69, 9.17) is 11.6 Å². The fourth-order valence-electron chi connectivity index (χ4n) is 3.99. The standard InChI is InChI=1S/C21H26ClN5O/c22-16-5-4-8-18(15-16)26-11-13-27(14-12-26)20-10-9-19(24-25-20)21(28)23-17-6-2-1-3-7-17/h4-5,8-10,15,17H,1-3,6-7,11-14H2,(H,23,28). The van der Waals surface area contributed by atoms with Crippen molar-refractivity contribution in [2.45, 2.75) is 38.1 Å². The SMILES string of the molecule is O=C(NC1CCCCC1)c1ccc(N2CCN(c3cccc(Cl)c3)CC2)nn1. The van der Waals surface area contributed by atoms with E-state index in [1.54, 1.807) is 6.07 Å². The van der Waals surface area contributed by atoms with Crippen molar-refractivity contribution in [2.75, 3.05) is 36.0 Å². The minimum atomic E-state index is -0.114. The first-order valence-electron chi connectivity index (χ1n) is 10.1. The fourth-order valence-corrected chi connectivity index (χ4v) is 4.17. The van der Waals surface area contributed by atoms with Gasteiger partial charge in [-0.05, 0) is 43.2 Å². The summed E-state index contributed by atoms with van der Waals surface area (Å²) >= 11 is 6.10. The molecule has 1 N–H and O–H groups in total. The molecule has 1 aliphatic carbocycles. The van der Waals surface area contributed by atoms with Crippen LogP contribution in [-0.2, 0) is 0 Å². The summed E-state index contributed by atoms with van der Waals surface area (Å²) in [6.07, 6.45) is 5.78. The Hall–Kier alpha value is -2.34. The van der Waals surface area contributed by atoms with E-state index in [0.717, 1.165) is 55.5 Å². The molecule has 0 radical (unpaired) electrons. The molecule has 148 valence electrons. The Bertz CT molecular complexity index is 799. The van der Waals surface area contributed by atoms with Crippen LogP contribution in [0, 0.1) is 0 Å². The van der Waals surface area contributed by atoms with Crippen molar-refractivity contribution in [3.8, 4) is 0 Å². The van der Waals surface area contributed by atoms with E-state index in [2.05, 4.69) is 31.4 Å². The zero-order chi connectivity index (χ0) is 19.3. The van der Waals surface area contributed by atoms with Crippen molar-refractivity contribution in [2.24, 2.45) is 0 Å². The molecule has 2 aromatic rings. The van der Waals surface area contributed by atoms with Crippen LogP contribution in [0.2, 0.25) is 5.02 Å². The van der Waals surface area contributed by atoms with Gasteiger partial charge in [0, 0.05) is 42.9 Å². The number of carbonyl (C=O) groups excluding carboxylic acids is 1. The van der Waals surface area contributed by atoms with E-state index < -0.39 is 0 Å². The molecule has 0 atom stereocenters. The third-order valence-corrected chi connectivity index (χ3v) is 5.84. The maximum atomic E-state index is 12.4. The molecular weight excluding hydrogens is 374 g/mol. The lowest BCUT2D eigenvalue weighted by Gasteiger charge is -2.36. The van der Waals surface area contributed by atoms with Crippen molar-refractivity contribution in [1.82, 2.24) is 15.5 Å². The van der Waals surface area contributed by atoms with Crippen LogP contribution in [0.1, 0.15) is 42.6 Å². The van der Waals surface area contributed by atoms with E-state index in [-0.39, 0.29) is 11.9 Å². The number of benzene rings is 1. The van der Waals surface area contributed by atoms with Crippen LogP contribution in [0.4, 0.5) is 11.5 Å². The number of hydrogen-bond donors (Lipinski definition) is 1. The third-order valence-electron chi connectivity index (χ3n) is 5.60. The largest absolute Gasteiger partial charge is 0.368 e. The van der Waals surface area contributed by atoms with Crippen LogP contribution in [0.25, 0.3) is 0 Å². The van der Waals surface area contributed by atoms with E-state index in [0.29, 0.717) is 5.69 Å². The molecule has 1 aromatic heterocycles. The normalized spacial score (nSPS) is 18.2. The van der Waals surface area contributed by atoms with Crippen molar-refractivity contribution in [3.63, 3.8) is 0 Å². The van der Waals surface area contributed by atoms with Gasteiger partial charge in [0.15, 0.2) is 11.5 Å². The first kappa shape index (κ1) is 19.0. The van der Waals surface area contributed by atoms with Gasteiger partial charge in [0.05, 0.1) is 0 Å². The smallest absolute Gasteiger partial charge is 0.272 e. The maximum Gasteiger partial charge on any atom is 0.272 e. The molecular formula is C21H26ClN5O. The maximum absolute atomic E-state index is 12.4. The van der Waals surface area contributed by atoms with Gasteiger partial charge in [-0.15, -0.1) is 10.2 Å². The van der Waals surface area contributed by atoms with Crippen molar-refractivity contribution in [3.05, 3.63) is 47.1 Å². The summed E-state index contributed by atoms with van der Waals surface area (Å²) < 4.78 is 0. The predicted molar refractivity (Wildman–Crippen MR) is 112 cm³/mol. The number of nitrogens with one attached hydrogen (secondary N) is 1. The Kier molecular flexibility index (Phi) is 5.95. The molecule has 0 bridgehead atoms. The van der Waals surface area contributed by atoms with Gasteiger partial charge < -0.3 is 15.1 Å². The van der Waals surface area contributed by atoms with Crippen LogP contribution in [0.3, 0.4) is 0 Å². The molecule has 1 aromatic carbocycles. The molecule has 1 saturated carbocycles. The molecule has 1 aliphatic heterocycles. The molecule has 28 heavy (non-hydrogen) atoms. The number of hydrogen-bond acceptors (Lipinski definition) is 5. The topological polar surface area (TPSA) is 61.4 Å². The van der Waals surface area contributed by atoms with E-state index in [9.17, 15) is 4.79 Å². The molecule has 1 saturated heterocycles. The Morgan fingerprint density at radius 3 is 2.39 bits per heavy atom. The zero-order valence-corrected chi connectivity index (χ0v) is 16.7. The molecule has 2 aliphatic rings. The second kappa shape index (κ2) is 8.78. The Morgan fingerprint density at radius 2 is 1.71 bits per heavy atom. The molecule has 2 heterocycles. The van der Waals surface area contributed by atoms with E-state index >= 15 is 0 Å².